The van der Waals surface area contributed by atoms with Crippen molar-refractivity contribution in [2.24, 2.45) is 0 Å². The molecule has 1 aromatic carbocycles. The van der Waals surface area contributed by atoms with Crippen LogP contribution in [0.15, 0.2) is 18.5 Å². The molecule has 254 valence electrons. The number of benzene rings is 1. The summed E-state index contributed by atoms with van der Waals surface area (Å²) in [5.74, 6) is -1.34. The molecule has 0 saturated carbocycles. The summed E-state index contributed by atoms with van der Waals surface area (Å²) in [5, 5.41) is -0.463. The van der Waals surface area contributed by atoms with Gasteiger partial charge in [0.2, 0.25) is 0 Å². The van der Waals surface area contributed by atoms with Crippen LogP contribution in [-0.4, -0.2) is 74.4 Å². The van der Waals surface area contributed by atoms with Gasteiger partial charge in [0.1, 0.15) is 48.0 Å². The van der Waals surface area contributed by atoms with Crippen LogP contribution in [-0.2, 0) is 6.18 Å². The molecule has 3 aromatic heterocycles. The van der Waals surface area contributed by atoms with Gasteiger partial charge in [0, 0.05) is 25.4 Å². The highest BCUT2D eigenvalue weighted by molar-refractivity contribution is 6.36. The highest BCUT2D eigenvalue weighted by Gasteiger charge is 2.49. The molecule has 0 spiro atoms. The van der Waals surface area contributed by atoms with Gasteiger partial charge >= 0.3 is 12.2 Å². The summed E-state index contributed by atoms with van der Waals surface area (Å²) < 4.78 is 86.9. The quantitative estimate of drug-likeness (QED) is 0.241. The number of aromatic nitrogens is 5. The number of hydrogen-bond acceptors (Lipinski definition) is 11. The summed E-state index contributed by atoms with van der Waals surface area (Å²) in [7, 11) is 0. The van der Waals surface area contributed by atoms with Gasteiger partial charge in [-0.2, -0.15) is 23.1 Å². The number of pyridine rings is 1. The van der Waals surface area contributed by atoms with Crippen LogP contribution < -0.4 is 25.8 Å². The monoisotopic (exact) mass is 691 g/mol. The second kappa shape index (κ2) is 11.7. The van der Waals surface area contributed by atoms with Crippen molar-refractivity contribution in [3.63, 3.8) is 0 Å². The van der Waals surface area contributed by atoms with Crippen molar-refractivity contribution >= 4 is 40.0 Å². The van der Waals surface area contributed by atoms with E-state index >= 15 is 4.39 Å². The zero-order valence-electron chi connectivity index (χ0n) is 25.9. The van der Waals surface area contributed by atoms with Gasteiger partial charge in [0.15, 0.2) is 11.6 Å². The number of nitrogen functional groups attached to an aromatic ring is 2. The molecule has 2 fully saturated rings. The second-order valence-corrected chi connectivity index (χ2v) is 12.8. The molecule has 3 aliphatic heterocycles. The summed E-state index contributed by atoms with van der Waals surface area (Å²) in [4.78, 5) is 25.3. The van der Waals surface area contributed by atoms with Gasteiger partial charge in [0.25, 0.3) is 0 Å². The van der Waals surface area contributed by atoms with Crippen molar-refractivity contribution in [2.45, 2.75) is 57.0 Å². The van der Waals surface area contributed by atoms with E-state index in [2.05, 4.69) is 24.9 Å². The van der Waals surface area contributed by atoms with E-state index in [9.17, 15) is 17.6 Å². The first-order valence-corrected chi connectivity index (χ1v) is 15.7. The molecule has 4 N–H and O–H groups in total. The molecule has 6 heterocycles. The zero-order valence-corrected chi connectivity index (χ0v) is 26.7. The summed E-state index contributed by atoms with van der Waals surface area (Å²) >= 11 is 6.76. The number of rotatable bonds is 6. The first-order chi connectivity index (χ1) is 22.8. The van der Waals surface area contributed by atoms with E-state index in [1.54, 1.807) is 11.8 Å². The maximum Gasteiger partial charge on any atom is 0.418 e. The highest BCUT2D eigenvalue weighted by Crippen LogP contribution is 2.51. The average Bonchev–Trinajstić information content (AvgIpc) is 3.46. The van der Waals surface area contributed by atoms with Crippen LogP contribution >= 0.6 is 11.6 Å². The van der Waals surface area contributed by atoms with E-state index in [1.807, 2.05) is 4.90 Å². The number of aryl methyl sites for hydroxylation is 1. The Kier molecular flexibility index (Phi) is 7.85. The molecule has 7 rings (SSSR count). The van der Waals surface area contributed by atoms with E-state index in [4.69, 9.17) is 32.5 Å². The molecule has 11 nitrogen and oxygen atoms in total. The fourth-order valence-corrected chi connectivity index (χ4v) is 7.61. The lowest BCUT2D eigenvalue weighted by Gasteiger charge is -2.31. The molecule has 3 aliphatic rings. The molecular formula is C31H31ClF5N9O2. The molecule has 0 aliphatic carbocycles. The van der Waals surface area contributed by atoms with Gasteiger partial charge in [-0.3, -0.25) is 9.88 Å². The fourth-order valence-electron chi connectivity index (χ4n) is 7.29. The van der Waals surface area contributed by atoms with E-state index in [0.717, 1.165) is 12.5 Å². The molecule has 0 radical (unpaired) electrons. The van der Waals surface area contributed by atoms with Crippen LogP contribution in [0.2, 0.25) is 5.02 Å². The minimum Gasteiger partial charge on any atom is -0.489 e. The number of ether oxygens (including phenoxy) is 2. The Morgan fingerprint density at radius 2 is 1.94 bits per heavy atom. The Morgan fingerprint density at radius 3 is 2.69 bits per heavy atom. The smallest absolute Gasteiger partial charge is 0.418 e. The average molecular weight is 692 g/mol. The van der Waals surface area contributed by atoms with E-state index in [0.29, 0.717) is 18.7 Å². The number of alkyl halides is 4. The van der Waals surface area contributed by atoms with Gasteiger partial charge in [-0.25, -0.2) is 18.7 Å². The summed E-state index contributed by atoms with van der Waals surface area (Å²) in [5.41, 5.74) is 8.44. The number of nitrogens with zero attached hydrogens (tertiary/aromatic N) is 7. The zero-order chi connectivity index (χ0) is 34.1. The minimum absolute atomic E-state index is 0.0000554. The maximum atomic E-state index is 16.9. The number of halogens is 6. The van der Waals surface area contributed by atoms with Crippen LogP contribution in [0.5, 0.6) is 11.8 Å². The Morgan fingerprint density at radius 1 is 1.17 bits per heavy atom. The molecule has 4 aromatic rings. The van der Waals surface area contributed by atoms with E-state index in [-0.39, 0.29) is 72.9 Å². The van der Waals surface area contributed by atoms with E-state index < -0.39 is 57.1 Å². The normalized spacial score (nSPS) is 21.7. The number of nitrogens with two attached hydrogens (primary N) is 2. The third kappa shape index (κ3) is 5.25. The van der Waals surface area contributed by atoms with Crippen molar-refractivity contribution in [2.75, 3.05) is 49.2 Å². The molecule has 0 bridgehead atoms. The van der Waals surface area contributed by atoms with Crippen molar-refractivity contribution in [1.29, 1.82) is 0 Å². The largest absolute Gasteiger partial charge is 0.489 e. The SMILES string of the molecule is Cc1cc(N)nc(-c2c(Cl)c3c4c(nc(OC[C@@]56CCCN5C[C@H](F)C6)nc4c2F)N([C@H](C)c2nccnc2N)CCO3)c1C(F)(F)F. The molecule has 48 heavy (non-hydrogen) atoms. The summed E-state index contributed by atoms with van der Waals surface area (Å²) in [6.07, 6.45) is -1.24. The minimum atomic E-state index is -4.93. The van der Waals surface area contributed by atoms with Crippen molar-refractivity contribution in [1.82, 2.24) is 29.8 Å². The van der Waals surface area contributed by atoms with Crippen LogP contribution in [0.1, 0.15) is 49.0 Å². The number of hydrogen-bond donors (Lipinski definition) is 2. The Labute approximate surface area is 276 Å². The lowest BCUT2D eigenvalue weighted by Crippen LogP contribution is -2.43. The third-order valence-electron chi connectivity index (χ3n) is 9.40. The van der Waals surface area contributed by atoms with Gasteiger partial charge in [-0.1, -0.05) is 11.6 Å². The molecule has 17 heteroatoms. The predicted molar refractivity (Wildman–Crippen MR) is 168 cm³/mol. The van der Waals surface area contributed by atoms with E-state index in [1.165, 1.54) is 19.3 Å². The number of fused-ring (bicyclic) bond motifs is 1. The van der Waals surface area contributed by atoms with Crippen LogP contribution in [0.25, 0.3) is 22.2 Å². The number of anilines is 3. The fraction of sp³-hybridized carbons (Fsp3) is 0.452. The Bertz CT molecular complexity index is 1930. The predicted octanol–water partition coefficient (Wildman–Crippen LogP) is 5.68. The van der Waals surface area contributed by atoms with Gasteiger partial charge in [0.05, 0.1) is 45.4 Å². The summed E-state index contributed by atoms with van der Waals surface area (Å²) in [6.45, 7) is 4.11. The van der Waals surface area contributed by atoms with Crippen molar-refractivity contribution in [3.8, 4) is 23.0 Å². The molecule has 3 atom stereocenters. The van der Waals surface area contributed by atoms with Crippen LogP contribution in [0.3, 0.4) is 0 Å². The molecule has 2 saturated heterocycles. The van der Waals surface area contributed by atoms with Crippen molar-refractivity contribution < 1.29 is 31.4 Å². The Hall–Kier alpha value is -4.31. The Balaban J connectivity index is 1.46. The first-order valence-electron chi connectivity index (χ1n) is 15.3. The first kappa shape index (κ1) is 32.2. The lowest BCUT2D eigenvalue weighted by atomic mass is 9.95. The molecule has 0 unspecified atom stereocenters. The van der Waals surface area contributed by atoms with Crippen LogP contribution in [0, 0.1) is 12.7 Å². The van der Waals surface area contributed by atoms with Gasteiger partial charge in [-0.05, 0) is 44.9 Å². The molecular weight excluding hydrogens is 661 g/mol. The highest BCUT2D eigenvalue weighted by atomic mass is 35.5. The van der Waals surface area contributed by atoms with Crippen LogP contribution in [0.4, 0.5) is 39.4 Å². The second-order valence-electron chi connectivity index (χ2n) is 12.4. The topological polar surface area (TPSA) is 141 Å². The van der Waals surface area contributed by atoms with Gasteiger partial charge in [-0.15, -0.1) is 0 Å². The maximum absolute atomic E-state index is 16.9. The standard InChI is InChI=1S/C31H31ClF5N9O2/c1-14-10-17(38)42-24(20(14)31(35,36)37)18-21(32)26-19-25(22(18)34)43-29(48-13-30-4-3-7-45(30)12-16(33)11-30)44-28(19)46(8-9-47-26)15(2)23-27(39)41-6-5-40-23/h5-6,10,15-16H,3-4,7-9,11-13H2,1-2H3,(H2,38,42)(H2,39,41)/t15-,16-,30+/m1/s1. The molecule has 0 amide bonds. The summed E-state index contributed by atoms with van der Waals surface area (Å²) in [6, 6.07) is 0.186. The van der Waals surface area contributed by atoms with Crippen molar-refractivity contribution in [3.05, 3.63) is 46.1 Å². The lowest BCUT2D eigenvalue weighted by molar-refractivity contribution is -0.137. The van der Waals surface area contributed by atoms with Gasteiger partial charge < -0.3 is 25.8 Å². The third-order valence-corrected chi connectivity index (χ3v) is 9.76.